The zero-order valence-electron chi connectivity index (χ0n) is 12.1. The van der Waals surface area contributed by atoms with E-state index in [2.05, 4.69) is 46.2 Å². The van der Waals surface area contributed by atoms with E-state index in [1.807, 2.05) is 20.0 Å². The number of imidazole rings is 1. The van der Waals surface area contributed by atoms with Crippen molar-refractivity contribution < 1.29 is 0 Å². The Kier molecular flexibility index (Phi) is 4.32. The molecule has 2 aromatic heterocycles. The van der Waals surface area contributed by atoms with Gasteiger partial charge in [-0.3, -0.25) is 4.98 Å². The van der Waals surface area contributed by atoms with Crippen LogP contribution in [0.25, 0.3) is 11.4 Å². The van der Waals surface area contributed by atoms with Gasteiger partial charge in [-0.05, 0) is 38.4 Å². The molecule has 0 saturated heterocycles. The number of aromatic amines is 1. The van der Waals surface area contributed by atoms with E-state index in [-0.39, 0.29) is 0 Å². The van der Waals surface area contributed by atoms with E-state index in [4.69, 9.17) is 0 Å². The number of hydrogen-bond donors (Lipinski definition) is 2. The highest BCUT2D eigenvalue weighted by atomic mass is 15.0. The second kappa shape index (κ2) is 5.97. The third kappa shape index (κ3) is 3.89. The molecule has 0 aromatic carbocycles. The summed E-state index contributed by atoms with van der Waals surface area (Å²) in [6, 6.07) is 4.11. The Bertz CT molecular complexity index is 523. The van der Waals surface area contributed by atoms with Gasteiger partial charge in [-0.15, -0.1) is 0 Å². The van der Waals surface area contributed by atoms with E-state index in [9.17, 15) is 0 Å². The number of hydrogen-bond acceptors (Lipinski definition) is 3. The van der Waals surface area contributed by atoms with Crippen LogP contribution in [-0.4, -0.2) is 21.5 Å². The fourth-order valence-corrected chi connectivity index (χ4v) is 2.06. The van der Waals surface area contributed by atoms with Gasteiger partial charge in [0.25, 0.3) is 0 Å². The predicted octanol–water partition coefficient (Wildman–Crippen LogP) is 2.83. The minimum Gasteiger partial charge on any atom is -0.341 e. The van der Waals surface area contributed by atoms with E-state index in [0.717, 1.165) is 41.6 Å². The molecule has 2 aromatic rings. The Hall–Kier alpha value is -1.68. The average Bonchev–Trinajstić information content (AvgIpc) is 2.76. The summed E-state index contributed by atoms with van der Waals surface area (Å²) in [5.74, 6) is 1.57. The number of pyridine rings is 1. The van der Waals surface area contributed by atoms with Crippen molar-refractivity contribution in [3.8, 4) is 11.4 Å². The summed E-state index contributed by atoms with van der Waals surface area (Å²) in [4.78, 5) is 12.2. The van der Waals surface area contributed by atoms with E-state index in [0.29, 0.717) is 5.92 Å². The van der Waals surface area contributed by atoms with E-state index in [1.165, 1.54) is 0 Å². The van der Waals surface area contributed by atoms with Crippen LogP contribution in [0.1, 0.15) is 30.9 Å². The van der Waals surface area contributed by atoms with Gasteiger partial charge in [0.2, 0.25) is 0 Å². The maximum absolute atomic E-state index is 4.44. The predicted molar refractivity (Wildman–Crippen MR) is 77.8 cm³/mol. The molecule has 0 amide bonds. The largest absolute Gasteiger partial charge is 0.341 e. The van der Waals surface area contributed by atoms with Crippen LogP contribution in [0.5, 0.6) is 0 Å². The van der Waals surface area contributed by atoms with Crippen molar-refractivity contribution in [3.05, 3.63) is 35.4 Å². The van der Waals surface area contributed by atoms with Crippen LogP contribution in [0.15, 0.2) is 18.3 Å². The molecule has 0 aliphatic heterocycles. The molecule has 102 valence electrons. The van der Waals surface area contributed by atoms with Crippen LogP contribution in [-0.2, 0) is 6.54 Å². The van der Waals surface area contributed by atoms with Crippen molar-refractivity contribution >= 4 is 0 Å². The monoisotopic (exact) mass is 258 g/mol. The van der Waals surface area contributed by atoms with Crippen LogP contribution in [0.3, 0.4) is 0 Å². The molecule has 0 aliphatic rings. The quantitative estimate of drug-likeness (QED) is 0.867. The van der Waals surface area contributed by atoms with Crippen molar-refractivity contribution in [1.82, 2.24) is 20.3 Å². The van der Waals surface area contributed by atoms with E-state index in [1.54, 1.807) is 0 Å². The van der Waals surface area contributed by atoms with Crippen LogP contribution in [0, 0.1) is 19.8 Å². The lowest BCUT2D eigenvalue weighted by Gasteiger charge is -2.05. The van der Waals surface area contributed by atoms with Crippen LogP contribution >= 0.6 is 0 Å². The molecule has 2 rings (SSSR count). The molecule has 0 unspecified atom stereocenters. The lowest BCUT2D eigenvalue weighted by atomic mass is 10.2. The molecule has 0 radical (unpaired) electrons. The zero-order chi connectivity index (χ0) is 13.8. The topological polar surface area (TPSA) is 53.6 Å². The van der Waals surface area contributed by atoms with Crippen molar-refractivity contribution in [2.24, 2.45) is 5.92 Å². The molecule has 0 saturated carbocycles. The number of nitrogens with zero attached hydrogens (tertiary/aromatic N) is 2. The SMILES string of the molecule is Cc1cc(-c2ncc(CNCC(C)C)[nH]2)cc(C)n1. The number of H-pyrrole nitrogens is 1. The summed E-state index contributed by atoms with van der Waals surface area (Å²) in [6.07, 6.45) is 1.90. The van der Waals surface area contributed by atoms with Gasteiger partial charge in [0.15, 0.2) is 0 Å². The maximum atomic E-state index is 4.44. The minimum atomic E-state index is 0.660. The summed E-state index contributed by atoms with van der Waals surface area (Å²) >= 11 is 0. The standard InChI is InChI=1S/C15H22N4/c1-10(2)7-16-8-14-9-17-15(19-14)13-5-11(3)18-12(4)6-13/h5-6,9-10,16H,7-8H2,1-4H3,(H,17,19). The molecule has 0 bridgehead atoms. The van der Waals surface area contributed by atoms with Gasteiger partial charge >= 0.3 is 0 Å². The van der Waals surface area contributed by atoms with Gasteiger partial charge in [0.05, 0.1) is 0 Å². The van der Waals surface area contributed by atoms with Gasteiger partial charge in [0, 0.05) is 35.4 Å². The van der Waals surface area contributed by atoms with Crippen LogP contribution in [0.4, 0.5) is 0 Å². The third-order valence-corrected chi connectivity index (χ3v) is 2.85. The van der Waals surface area contributed by atoms with Gasteiger partial charge in [0.1, 0.15) is 5.82 Å². The first-order valence-corrected chi connectivity index (χ1v) is 6.75. The second-order valence-corrected chi connectivity index (χ2v) is 5.42. The summed E-state index contributed by atoms with van der Waals surface area (Å²) in [7, 11) is 0. The summed E-state index contributed by atoms with van der Waals surface area (Å²) in [5.41, 5.74) is 4.25. The first-order valence-electron chi connectivity index (χ1n) is 6.75. The molecule has 4 nitrogen and oxygen atoms in total. The maximum Gasteiger partial charge on any atom is 0.137 e. The van der Waals surface area contributed by atoms with Crippen molar-refractivity contribution in [3.63, 3.8) is 0 Å². The summed E-state index contributed by atoms with van der Waals surface area (Å²) in [5, 5.41) is 3.41. The molecule has 0 fully saturated rings. The average molecular weight is 258 g/mol. The Morgan fingerprint density at radius 2 is 1.89 bits per heavy atom. The van der Waals surface area contributed by atoms with Gasteiger partial charge < -0.3 is 10.3 Å². The first kappa shape index (κ1) is 13.7. The first-order chi connectivity index (χ1) is 9.04. The van der Waals surface area contributed by atoms with Gasteiger partial charge in [-0.2, -0.15) is 0 Å². The molecule has 2 N–H and O–H groups in total. The number of aromatic nitrogens is 3. The molecule has 19 heavy (non-hydrogen) atoms. The number of nitrogens with one attached hydrogen (secondary N) is 2. The smallest absolute Gasteiger partial charge is 0.137 e. The van der Waals surface area contributed by atoms with Gasteiger partial charge in [-0.1, -0.05) is 13.8 Å². The van der Waals surface area contributed by atoms with Crippen molar-refractivity contribution in [1.29, 1.82) is 0 Å². The molecule has 2 heterocycles. The highest BCUT2D eigenvalue weighted by Gasteiger charge is 2.05. The fraction of sp³-hybridized carbons (Fsp3) is 0.467. The van der Waals surface area contributed by atoms with E-state index < -0.39 is 0 Å². The number of rotatable bonds is 5. The minimum absolute atomic E-state index is 0.660. The van der Waals surface area contributed by atoms with Crippen LogP contribution in [0.2, 0.25) is 0 Å². The molecule has 0 atom stereocenters. The lowest BCUT2D eigenvalue weighted by Crippen LogP contribution is -2.19. The van der Waals surface area contributed by atoms with E-state index >= 15 is 0 Å². The van der Waals surface area contributed by atoms with Crippen molar-refractivity contribution in [2.45, 2.75) is 34.2 Å². The molecule has 0 spiro atoms. The van der Waals surface area contributed by atoms with Gasteiger partial charge in [-0.25, -0.2) is 4.98 Å². The second-order valence-electron chi connectivity index (χ2n) is 5.42. The molecular formula is C15H22N4. The fourth-order valence-electron chi connectivity index (χ4n) is 2.06. The molecule has 4 heteroatoms. The Morgan fingerprint density at radius 3 is 2.53 bits per heavy atom. The molecule has 0 aliphatic carbocycles. The highest BCUT2D eigenvalue weighted by molar-refractivity contribution is 5.56. The van der Waals surface area contributed by atoms with Crippen molar-refractivity contribution in [2.75, 3.05) is 6.54 Å². The summed E-state index contributed by atoms with van der Waals surface area (Å²) < 4.78 is 0. The third-order valence-electron chi connectivity index (χ3n) is 2.85. The summed E-state index contributed by atoms with van der Waals surface area (Å²) in [6.45, 7) is 10.3. The Labute approximate surface area is 114 Å². The normalized spacial score (nSPS) is 11.2. The Balaban J connectivity index is 2.07. The highest BCUT2D eigenvalue weighted by Crippen LogP contribution is 2.17. The zero-order valence-corrected chi connectivity index (χ0v) is 12.1. The Morgan fingerprint density at radius 1 is 1.21 bits per heavy atom. The molecular weight excluding hydrogens is 236 g/mol. The lowest BCUT2D eigenvalue weighted by molar-refractivity contribution is 0.549. The number of aryl methyl sites for hydroxylation is 2. The van der Waals surface area contributed by atoms with Crippen LogP contribution < -0.4 is 5.32 Å².